The van der Waals surface area contributed by atoms with Gasteiger partial charge in [-0.25, -0.2) is 0 Å². The highest BCUT2D eigenvalue weighted by molar-refractivity contribution is 8.00. The number of carbonyl (C=O) groups is 2. The normalized spacial score (nSPS) is 37.5. The molecule has 30 heavy (non-hydrogen) atoms. The molecule has 6 rings (SSSR count). The van der Waals surface area contributed by atoms with Crippen LogP contribution >= 0.6 is 35.0 Å². The largest absolute Gasteiger partial charge is 0.369 e. The van der Waals surface area contributed by atoms with Crippen molar-refractivity contribution >= 4 is 46.8 Å². The molecule has 1 aromatic carbocycles. The number of nitrogens with zero attached hydrogens (tertiary/aromatic N) is 1. The van der Waals surface area contributed by atoms with Gasteiger partial charge in [-0.1, -0.05) is 35.3 Å². The predicted molar refractivity (Wildman–Crippen MR) is 120 cm³/mol. The minimum Gasteiger partial charge on any atom is -0.369 e. The van der Waals surface area contributed by atoms with Crippen LogP contribution in [0, 0.1) is 23.2 Å². The van der Waals surface area contributed by atoms with Gasteiger partial charge < -0.3 is 11.1 Å². The summed E-state index contributed by atoms with van der Waals surface area (Å²) in [5.41, 5.74) is 6.42. The standard InChI is InChI=1S/C22H27Cl2N3O2S/c23-16-3-1-2-13(17(16)24)11-27-4-5-30-20(27)19(28)26-18-14-6-12-7-15(18)10-22(8-12,9-14)21(25)29/h1-3,12,14-15,18,20H,4-11H2,(H2,25,29)(H,26,28). The fourth-order valence-corrected chi connectivity index (χ4v) is 8.15. The van der Waals surface area contributed by atoms with Crippen LogP contribution in [0.1, 0.15) is 37.7 Å². The molecule has 4 bridgehead atoms. The van der Waals surface area contributed by atoms with E-state index in [1.54, 1.807) is 17.8 Å². The molecule has 1 saturated heterocycles. The van der Waals surface area contributed by atoms with E-state index in [-0.39, 0.29) is 28.6 Å². The van der Waals surface area contributed by atoms with Crippen LogP contribution in [0.15, 0.2) is 18.2 Å². The Kier molecular flexibility index (Phi) is 5.49. The van der Waals surface area contributed by atoms with Crippen LogP contribution in [-0.4, -0.2) is 40.4 Å². The smallest absolute Gasteiger partial charge is 0.247 e. The Morgan fingerprint density at radius 2 is 1.93 bits per heavy atom. The van der Waals surface area contributed by atoms with Crippen molar-refractivity contribution in [2.24, 2.45) is 28.9 Å². The summed E-state index contributed by atoms with van der Waals surface area (Å²) in [5, 5.41) is 4.27. The van der Waals surface area contributed by atoms with E-state index in [0.29, 0.717) is 34.3 Å². The van der Waals surface area contributed by atoms with Crippen LogP contribution in [0.4, 0.5) is 0 Å². The summed E-state index contributed by atoms with van der Waals surface area (Å²) in [5.74, 6) is 2.19. The summed E-state index contributed by atoms with van der Waals surface area (Å²) in [6.45, 7) is 1.45. The van der Waals surface area contributed by atoms with Gasteiger partial charge >= 0.3 is 0 Å². The van der Waals surface area contributed by atoms with E-state index >= 15 is 0 Å². The van der Waals surface area contributed by atoms with E-state index in [0.717, 1.165) is 50.0 Å². The van der Waals surface area contributed by atoms with Gasteiger partial charge in [0, 0.05) is 30.3 Å². The maximum atomic E-state index is 13.3. The van der Waals surface area contributed by atoms with Crippen molar-refractivity contribution in [2.75, 3.05) is 12.3 Å². The van der Waals surface area contributed by atoms with Crippen LogP contribution < -0.4 is 11.1 Å². The average Bonchev–Trinajstić information content (AvgIpc) is 3.16. The maximum Gasteiger partial charge on any atom is 0.247 e. The molecule has 162 valence electrons. The van der Waals surface area contributed by atoms with Crippen molar-refractivity contribution < 1.29 is 9.59 Å². The molecule has 8 heteroatoms. The van der Waals surface area contributed by atoms with Gasteiger partial charge in [0.15, 0.2) is 0 Å². The number of rotatable bonds is 5. The molecule has 5 aliphatic rings. The number of primary amides is 1. The van der Waals surface area contributed by atoms with Crippen molar-refractivity contribution in [3.8, 4) is 0 Å². The molecule has 1 heterocycles. The van der Waals surface area contributed by atoms with Crippen LogP contribution in [0.3, 0.4) is 0 Å². The first-order valence-corrected chi connectivity index (χ1v) is 12.6. The molecule has 3 N–H and O–H groups in total. The third-order valence-corrected chi connectivity index (χ3v) is 9.82. The molecule has 5 nitrogen and oxygen atoms in total. The number of nitrogens with two attached hydrogens (primary N) is 1. The fourth-order valence-electron chi connectivity index (χ4n) is 6.59. The molecule has 3 atom stereocenters. The first kappa shape index (κ1) is 20.9. The van der Waals surface area contributed by atoms with Gasteiger partial charge in [-0.05, 0) is 61.5 Å². The molecule has 4 saturated carbocycles. The zero-order valence-electron chi connectivity index (χ0n) is 16.8. The molecule has 0 aromatic heterocycles. The van der Waals surface area contributed by atoms with E-state index in [4.69, 9.17) is 28.9 Å². The molecule has 3 unspecified atom stereocenters. The Hall–Kier alpha value is -0.950. The van der Waals surface area contributed by atoms with Gasteiger partial charge in [0.2, 0.25) is 11.8 Å². The number of thioether (sulfide) groups is 1. The molecule has 4 aliphatic carbocycles. The number of amides is 2. The lowest BCUT2D eigenvalue weighted by atomic mass is 9.47. The zero-order valence-corrected chi connectivity index (χ0v) is 19.1. The van der Waals surface area contributed by atoms with E-state index in [2.05, 4.69) is 10.2 Å². The van der Waals surface area contributed by atoms with Crippen LogP contribution in [-0.2, 0) is 16.1 Å². The highest BCUT2D eigenvalue weighted by Crippen LogP contribution is 2.60. The average molecular weight is 468 g/mol. The Bertz CT molecular complexity index is 866. The van der Waals surface area contributed by atoms with Gasteiger partial charge in [0.25, 0.3) is 0 Å². The molecule has 2 amide bonds. The summed E-state index contributed by atoms with van der Waals surface area (Å²) >= 11 is 14.2. The van der Waals surface area contributed by atoms with Gasteiger partial charge in [0.05, 0.1) is 10.0 Å². The summed E-state index contributed by atoms with van der Waals surface area (Å²) in [7, 11) is 0. The second-order valence-electron chi connectivity index (χ2n) is 9.56. The Morgan fingerprint density at radius 1 is 1.20 bits per heavy atom. The van der Waals surface area contributed by atoms with Crippen LogP contribution in [0.25, 0.3) is 0 Å². The fraction of sp³-hybridized carbons (Fsp3) is 0.636. The maximum absolute atomic E-state index is 13.3. The number of nitrogens with one attached hydrogen (secondary N) is 1. The Morgan fingerprint density at radius 3 is 2.63 bits per heavy atom. The summed E-state index contributed by atoms with van der Waals surface area (Å²) in [4.78, 5) is 27.6. The third kappa shape index (κ3) is 3.54. The van der Waals surface area contributed by atoms with Gasteiger partial charge in [-0.15, -0.1) is 11.8 Å². The lowest BCUT2D eigenvalue weighted by molar-refractivity contribution is -0.147. The van der Waals surface area contributed by atoms with Gasteiger partial charge in [0.1, 0.15) is 5.37 Å². The summed E-state index contributed by atoms with van der Waals surface area (Å²) in [6, 6.07) is 5.80. The van der Waals surface area contributed by atoms with Crippen LogP contribution in [0.2, 0.25) is 10.0 Å². The monoisotopic (exact) mass is 467 g/mol. The van der Waals surface area contributed by atoms with E-state index in [9.17, 15) is 9.59 Å². The number of hydrogen-bond donors (Lipinski definition) is 2. The topological polar surface area (TPSA) is 75.4 Å². The Balaban J connectivity index is 1.27. The minimum absolute atomic E-state index is 0.0845. The first-order chi connectivity index (χ1) is 14.4. The molecule has 5 fully saturated rings. The SMILES string of the molecule is NC(=O)C12CC3CC(C1)C(NC(=O)C1SCCN1Cc1cccc(Cl)c1Cl)C(C3)C2. The first-order valence-electron chi connectivity index (χ1n) is 10.7. The van der Waals surface area contributed by atoms with Gasteiger partial charge in [-0.2, -0.15) is 0 Å². The second-order valence-corrected chi connectivity index (χ2v) is 11.5. The number of halogens is 2. The van der Waals surface area contributed by atoms with Crippen molar-refractivity contribution in [3.63, 3.8) is 0 Å². The lowest BCUT2D eigenvalue weighted by Crippen LogP contribution is -2.63. The molecule has 0 spiro atoms. The number of carbonyl (C=O) groups excluding carboxylic acids is 2. The molecule has 1 aromatic rings. The quantitative estimate of drug-likeness (QED) is 0.692. The minimum atomic E-state index is -0.324. The van der Waals surface area contributed by atoms with Crippen molar-refractivity contribution in [1.82, 2.24) is 10.2 Å². The van der Waals surface area contributed by atoms with E-state index in [1.807, 2.05) is 12.1 Å². The predicted octanol–water partition coefficient (Wildman–Crippen LogP) is 3.66. The number of benzene rings is 1. The molecule has 1 aliphatic heterocycles. The molecular weight excluding hydrogens is 441 g/mol. The molecular formula is C22H27Cl2N3O2S. The summed E-state index contributed by atoms with van der Waals surface area (Å²) in [6.07, 6.45) is 4.83. The Labute approximate surface area is 191 Å². The van der Waals surface area contributed by atoms with Gasteiger partial charge in [-0.3, -0.25) is 14.5 Å². The lowest BCUT2D eigenvalue weighted by Gasteiger charge is -2.58. The number of hydrogen-bond acceptors (Lipinski definition) is 4. The van der Waals surface area contributed by atoms with Crippen molar-refractivity contribution in [1.29, 1.82) is 0 Å². The van der Waals surface area contributed by atoms with Crippen molar-refractivity contribution in [2.45, 2.75) is 50.1 Å². The van der Waals surface area contributed by atoms with Crippen molar-refractivity contribution in [3.05, 3.63) is 33.8 Å². The summed E-state index contributed by atoms with van der Waals surface area (Å²) < 4.78 is 0. The van der Waals surface area contributed by atoms with Crippen LogP contribution in [0.5, 0.6) is 0 Å². The highest BCUT2D eigenvalue weighted by atomic mass is 35.5. The zero-order chi connectivity index (χ0) is 21.0. The van der Waals surface area contributed by atoms with E-state index in [1.165, 1.54) is 0 Å². The highest BCUT2D eigenvalue weighted by Gasteiger charge is 2.58. The molecule has 0 radical (unpaired) electrons. The third-order valence-electron chi connectivity index (χ3n) is 7.72. The second kappa shape index (κ2) is 7.88. The van der Waals surface area contributed by atoms with E-state index < -0.39 is 0 Å².